The summed E-state index contributed by atoms with van der Waals surface area (Å²) >= 11 is 0. The van der Waals surface area contributed by atoms with Crippen LogP contribution in [-0.2, 0) is 14.6 Å². The third kappa shape index (κ3) is 5.27. The molecule has 1 fully saturated rings. The van der Waals surface area contributed by atoms with Gasteiger partial charge in [0.1, 0.15) is 33.5 Å². The van der Waals surface area contributed by atoms with Crippen molar-refractivity contribution in [2.24, 2.45) is 0 Å². The number of imidazole rings is 1. The number of halogens is 1. The van der Waals surface area contributed by atoms with E-state index in [1.807, 2.05) is 0 Å². The molecule has 0 radical (unpaired) electrons. The number of piperidine rings is 1. The van der Waals surface area contributed by atoms with Crippen molar-refractivity contribution < 1.29 is 22.3 Å². The number of nitrogens with one attached hydrogen (secondary N) is 1. The highest BCUT2D eigenvalue weighted by Crippen LogP contribution is 2.26. The van der Waals surface area contributed by atoms with Crippen LogP contribution in [0.4, 0.5) is 15.0 Å². The van der Waals surface area contributed by atoms with E-state index in [-0.39, 0.29) is 22.6 Å². The van der Waals surface area contributed by atoms with E-state index in [9.17, 15) is 17.6 Å². The summed E-state index contributed by atoms with van der Waals surface area (Å²) in [5.41, 5.74) is 0.300. The highest BCUT2D eigenvalue weighted by atomic mass is 32.2. The summed E-state index contributed by atoms with van der Waals surface area (Å²) in [6, 6.07) is 2.58. The number of rotatable bonds is 4. The molecule has 182 valence electrons. The smallest absolute Gasteiger partial charge is 0.410 e. The SMILES string of the molecule is CC(C)(C)OC(=O)N1CCCC(Nc2nc(-c3cnc4ccc(F)cn34)ncc2S(C)(=O)=O)C1. The molecule has 1 N–H and O–H groups in total. The Morgan fingerprint density at radius 1 is 1.24 bits per heavy atom. The number of hydrogen-bond acceptors (Lipinski definition) is 8. The van der Waals surface area contributed by atoms with Crippen molar-refractivity contribution in [3.8, 4) is 11.5 Å². The molecule has 1 saturated heterocycles. The monoisotopic (exact) mass is 490 g/mol. The molecule has 4 rings (SSSR count). The molecule has 1 amide bonds. The molecule has 0 aliphatic carbocycles. The van der Waals surface area contributed by atoms with Crippen LogP contribution in [0.25, 0.3) is 17.2 Å². The lowest BCUT2D eigenvalue weighted by Gasteiger charge is -2.34. The van der Waals surface area contributed by atoms with Crippen LogP contribution in [0.1, 0.15) is 33.6 Å². The van der Waals surface area contributed by atoms with Gasteiger partial charge in [0.2, 0.25) is 0 Å². The van der Waals surface area contributed by atoms with Crippen LogP contribution in [0, 0.1) is 5.82 Å². The minimum Gasteiger partial charge on any atom is -0.444 e. The zero-order valence-corrected chi connectivity index (χ0v) is 20.3. The highest BCUT2D eigenvalue weighted by molar-refractivity contribution is 7.90. The maximum atomic E-state index is 13.8. The number of carbonyl (C=O) groups excluding carboxylic acids is 1. The number of fused-ring (bicyclic) bond motifs is 1. The summed E-state index contributed by atoms with van der Waals surface area (Å²) in [6.07, 6.45) is 6.08. The van der Waals surface area contributed by atoms with Gasteiger partial charge < -0.3 is 15.0 Å². The Morgan fingerprint density at radius 2 is 2.00 bits per heavy atom. The van der Waals surface area contributed by atoms with Gasteiger partial charge in [0.15, 0.2) is 15.7 Å². The Balaban J connectivity index is 1.65. The van der Waals surface area contributed by atoms with Gasteiger partial charge in [-0.05, 0) is 45.7 Å². The van der Waals surface area contributed by atoms with Gasteiger partial charge in [-0.2, -0.15) is 0 Å². The van der Waals surface area contributed by atoms with Crippen molar-refractivity contribution in [3.05, 3.63) is 36.5 Å². The first kappa shape index (κ1) is 23.9. The number of carbonyl (C=O) groups is 1. The maximum Gasteiger partial charge on any atom is 0.410 e. The lowest BCUT2D eigenvalue weighted by Crippen LogP contribution is -2.47. The second kappa shape index (κ2) is 8.82. The van der Waals surface area contributed by atoms with E-state index in [2.05, 4.69) is 20.3 Å². The van der Waals surface area contributed by atoms with Crippen LogP contribution < -0.4 is 5.32 Å². The van der Waals surface area contributed by atoms with Crippen molar-refractivity contribution >= 4 is 27.4 Å². The predicted molar refractivity (Wildman–Crippen MR) is 124 cm³/mol. The van der Waals surface area contributed by atoms with E-state index in [0.29, 0.717) is 30.9 Å². The van der Waals surface area contributed by atoms with Crippen molar-refractivity contribution in [1.29, 1.82) is 0 Å². The molecule has 1 aliphatic rings. The van der Waals surface area contributed by atoms with E-state index < -0.39 is 27.3 Å². The van der Waals surface area contributed by atoms with Gasteiger partial charge in [-0.15, -0.1) is 0 Å². The molecule has 0 aromatic carbocycles. The van der Waals surface area contributed by atoms with Crippen LogP contribution >= 0.6 is 0 Å². The molecular weight excluding hydrogens is 463 g/mol. The number of aromatic nitrogens is 4. The number of amides is 1. The lowest BCUT2D eigenvalue weighted by atomic mass is 10.1. The average molecular weight is 491 g/mol. The summed E-state index contributed by atoms with van der Waals surface area (Å²) < 4.78 is 45.6. The van der Waals surface area contributed by atoms with E-state index in [1.54, 1.807) is 25.7 Å². The normalized spacial score (nSPS) is 17.1. The Kier molecular flexibility index (Phi) is 6.19. The number of anilines is 1. The predicted octanol–water partition coefficient (Wildman–Crippen LogP) is 3.15. The third-order valence-corrected chi connectivity index (χ3v) is 6.36. The van der Waals surface area contributed by atoms with Gasteiger partial charge in [0.25, 0.3) is 0 Å². The Hall–Kier alpha value is -3.28. The molecule has 4 heterocycles. The topological polar surface area (TPSA) is 119 Å². The molecule has 10 nitrogen and oxygen atoms in total. The number of nitrogens with zero attached hydrogens (tertiary/aromatic N) is 5. The fourth-order valence-corrected chi connectivity index (χ4v) is 4.47. The van der Waals surface area contributed by atoms with Crippen LogP contribution in [0.3, 0.4) is 0 Å². The van der Waals surface area contributed by atoms with Gasteiger partial charge in [-0.3, -0.25) is 4.40 Å². The van der Waals surface area contributed by atoms with Crippen LogP contribution in [-0.4, -0.2) is 69.8 Å². The number of pyridine rings is 1. The van der Waals surface area contributed by atoms with Gasteiger partial charge in [0, 0.05) is 31.6 Å². The summed E-state index contributed by atoms with van der Waals surface area (Å²) in [6.45, 7) is 6.29. The van der Waals surface area contributed by atoms with Crippen molar-refractivity contribution in [1.82, 2.24) is 24.3 Å². The van der Waals surface area contributed by atoms with Crippen LogP contribution in [0.15, 0.2) is 35.6 Å². The number of sulfone groups is 1. The average Bonchev–Trinajstić information content (AvgIpc) is 3.15. The molecule has 3 aromatic rings. The van der Waals surface area contributed by atoms with Crippen molar-refractivity contribution in [3.63, 3.8) is 0 Å². The van der Waals surface area contributed by atoms with E-state index in [0.717, 1.165) is 12.7 Å². The standard InChI is InChI=1S/C22H27FN6O4S/c1-22(2,3)33-21(30)28-9-5-6-15(13-28)26-20-17(34(4,31)32)11-25-19(27-20)16-10-24-18-8-7-14(23)12-29(16)18/h7-8,10-12,15H,5-6,9,13H2,1-4H3,(H,25,26,27). The molecule has 1 atom stereocenters. The summed E-state index contributed by atoms with van der Waals surface area (Å²) in [4.78, 5) is 27.0. The van der Waals surface area contributed by atoms with E-state index >= 15 is 0 Å². The number of likely N-dealkylation sites (tertiary alicyclic amines) is 1. The molecule has 34 heavy (non-hydrogen) atoms. The van der Waals surface area contributed by atoms with Gasteiger partial charge in [-0.1, -0.05) is 0 Å². The Labute approximate surface area is 197 Å². The summed E-state index contributed by atoms with van der Waals surface area (Å²) in [7, 11) is -3.65. The molecule has 0 bridgehead atoms. The lowest BCUT2D eigenvalue weighted by molar-refractivity contribution is 0.0206. The van der Waals surface area contributed by atoms with Crippen LogP contribution in [0.2, 0.25) is 0 Å². The molecule has 12 heteroatoms. The van der Waals surface area contributed by atoms with E-state index in [4.69, 9.17) is 4.74 Å². The zero-order valence-electron chi connectivity index (χ0n) is 19.4. The van der Waals surface area contributed by atoms with Gasteiger partial charge in [0.05, 0.1) is 12.4 Å². The first-order chi connectivity index (χ1) is 15.9. The molecular formula is C22H27FN6O4S. The third-order valence-electron chi connectivity index (χ3n) is 5.27. The van der Waals surface area contributed by atoms with E-state index in [1.165, 1.54) is 35.1 Å². The maximum absolute atomic E-state index is 13.8. The second-order valence-corrected chi connectivity index (χ2v) is 11.3. The Bertz CT molecular complexity index is 1330. The molecule has 1 aliphatic heterocycles. The fourth-order valence-electron chi connectivity index (χ4n) is 3.77. The Morgan fingerprint density at radius 3 is 2.71 bits per heavy atom. The van der Waals surface area contributed by atoms with Gasteiger partial charge >= 0.3 is 6.09 Å². The molecule has 0 saturated carbocycles. The first-order valence-corrected chi connectivity index (χ1v) is 12.7. The zero-order chi connectivity index (χ0) is 24.7. The molecule has 1 unspecified atom stereocenters. The van der Waals surface area contributed by atoms with Crippen molar-refractivity contribution in [2.75, 3.05) is 24.7 Å². The summed E-state index contributed by atoms with van der Waals surface area (Å²) in [5.74, 6) is -0.148. The van der Waals surface area contributed by atoms with Gasteiger partial charge in [-0.25, -0.2) is 32.6 Å². The first-order valence-electron chi connectivity index (χ1n) is 10.9. The summed E-state index contributed by atoms with van der Waals surface area (Å²) in [5, 5.41) is 3.18. The number of ether oxygens (including phenoxy) is 1. The quantitative estimate of drug-likeness (QED) is 0.593. The molecule has 3 aromatic heterocycles. The van der Waals surface area contributed by atoms with Crippen LogP contribution in [0.5, 0.6) is 0 Å². The second-order valence-electron chi connectivity index (χ2n) is 9.31. The number of hydrogen-bond donors (Lipinski definition) is 1. The molecule has 0 spiro atoms. The van der Waals surface area contributed by atoms with Crippen molar-refractivity contribution in [2.45, 2.75) is 50.2 Å². The minimum atomic E-state index is -3.65. The highest BCUT2D eigenvalue weighted by Gasteiger charge is 2.29. The minimum absolute atomic E-state index is 0.0642. The fraction of sp³-hybridized carbons (Fsp3) is 0.455. The largest absolute Gasteiger partial charge is 0.444 e.